The third-order valence-corrected chi connectivity index (χ3v) is 5.36. The van der Waals surface area contributed by atoms with Gasteiger partial charge in [-0.1, -0.05) is 12.1 Å². The van der Waals surface area contributed by atoms with Crippen LogP contribution in [-0.4, -0.2) is 52.6 Å². The smallest absolute Gasteiger partial charge is 0.313 e. The van der Waals surface area contributed by atoms with E-state index in [0.717, 1.165) is 23.2 Å². The van der Waals surface area contributed by atoms with E-state index in [-0.39, 0.29) is 18.1 Å². The molecule has 148 valence electrons. The number of fused-ring (bicyclic) bond motifs is 3. The molecule has 1 aromatic heterocycles. The predicted molar refractivity (Wildman–Crippen MR) is 103 cm³/mol. The number of urea groups is 1. The minimum Gasteiger partial charge on any atom is -0.313 e. The number of nitrogens with zero attached hydrogens (tertiary/aromatic N) is 5. The van der Waals surface area contributed by atoms with Crippen molar-refractivity contribution in [1.29, 1.82) is 0 Å². The van der Waals surface area contributed by atoms with Gasteiger partial charge in [-0.15, -0.1) is 0 Å². The molecule has 3 amide bonds. The number of hydrogen-bond donors (Lipinski definition) is 0. The van der Waals surface area contributed by atoms with E-state index in [4.69, 9.17) is 0 Å². The first-order valence-electron chi connectivity index (χ1n) is 9.30. The molecule has 0 aliphatic carbocycles. The summed E-state index contributed by atoms with van der Waals surface area (Å²) in [5.41, 5.74) is 2.06. The molecular formula is C20H17F2N5O2. The van der Waals surface area contributed by atoms with E-state index in [0.29, 0.717) is 32.1 Å². The Morgan fingerprint density at radius 3 is 2.66 bits per heavy atom. The molecule has 7 nitrogen and oxygen atoms in total. The molecule has 0 saturated carbocycles. The Morgan fingerprint density at radius 1 is 1.00 bits per heavy atom. The molecule has 2 aliphatic rings. The molecule has 3 aromatic rings. The summed E-state index contributed by atoms with van der Waals surface area (Å²) in [5, 5.41) is 0. The molecule has 0 spiro atoms. The van der Waals surface area contributed by atoms with Gasteiger partial charge in [-0.3, -0.25) is 14.6 Å². The van der Waals surface area contributed by atoms with Gasteiger partial charge in [0.15, 0.2) is 11.6 Å². The maximum absolute atomic E-state index is 13.5. The average molecular weight is 397 g/mol. The van der Waals surface area contributed by atoms with Gasteiger partial charge in [0.2, 0.25) is 11.9 Å². The molecule has 0 atom stereocenters. The van der Waals surface area contributed by atoms with Gasteiger partial charge in [-0.25, -0.2) is 18.6 Å². The summed E-state index contributed by atoms with van der Waals surface area (Å²) in [4.78, 5) is 34.5. The van der Waals surface area contributed by atoms with Crippen molar-refractivity contribution in [2.45, 2.75) is 6.54 Å². The van der Waals surface area contributed by atoms with Gasteiger partial charge in [-0.2, -0.15) is 0 Å². The number of imidazole rings is 1. The van der Waals surface area contributed by atoms with E-state index in [9.17, 15) is 18.4 Å². The largest absolute Gasteiger partial charge is 0.325 e. The zero-order valence-electron chi connectivity index (χ0n) is 15.4. The highest BCUT2D eigenvalue weighted by atomic mass is 19.2. The number of carbonyl (C=O) groups is 2. The van der Waals surface area contributed by atoms with Crippen molar-refractivity contribution in [1.82, 2.24) is 14.5 Å². The van der Waals surface area contributed by atoms with E-state index in [1.54, 1.807) is 4.90 Å². The first-order chi connectivity index (χ1) is 14.0. The van der Waals surface area contributed by atoms with E-state index in [1.807, 2.05) is 28.8 Å². The highest BCUT2D eigenvalue weighted by Gasteiger charge is 2.35. The van der Waals surface area contributed by atoms with Gasteiger partial charge >= 0.3 is 6.03 Å². The summed E-state index contributed by atoms with van der Waals surface area (Å²) in [6.07, 6.45) is 0. The topological polar surface area (TPSA) is 61.7 Å². The molecule has 1 fully saturated rings. The fraction of sp³-hybridized carbons (Fsp3) is 0.250. The SMILES string of the molecule is O=C1N(CC(=O)N2CCn3c2nc2ccccc23)CCN1c1ccc(F)c(F)c1. The van der Waals surface area contributed by atoms with Crippen LogP contribution in [0, 0.1) is 11.6 Å². The Hall–Kier alpha value is -3.49. The minimum absolute atomic E-state index is 0.0950. The number of carbonyl (C=O) groups excluding carboxylic acids is 2. The van der Waals surface area contributed by atoms with Crippen LogP contribution in [-0.2, 0) is 11.3 Å². The Labute approximate surface area is 164 Å². The molecule has 5 rings (SSSR count). The van der Waals surface area contributed by atoms with Gasteiger partial charge in [0, 0.05) is 37.9 Å². The van der Waals surface area contributed by atoms with Crippen LogP contribution in [0.4, 0.5) is 25.2 Å². The molecule has 1 saturated heterocycles. The lowest BCUT2D eigenvalue weighted by Crippen LogP contribution is -2.42. The molecule has 2 aromatic carbocycles. The lowest BCUT2D eigenvalue weighted by Gasteiger charge is -2.21. The van der Waals surface area contributed by atoms with E-state index < -0.39 is 17.7 Å². The molecule has 0 radical (unpaired) electrons. The lowest BCUT2D eigenvalue weighted by atomic mass is 10.3. The van der Waals surface area contributed by atoms with Gasteiger partial charge in [0.25, 0.3) is 0 Å². The maximum atomic E-state index is 13.5. The number of amides is 3. The third kappa shape index (κ3) is 2.81. The number of rotatable bonds is 3. The fourth-order valence-corrected chi connectivity index (χ4v) is 3.90. The van der Waals surface area contributed by atoms with Crippen molar-refractivity contribution < 1.29 is 18.4 Å². The second kappa shape index (κ2) is 6.54. The van der Waals surface area contributed by atoms with Crippen LogP contribution in [0.25, 0.3) is 11.0 Å². The zero-order valence-corrected chi connectivity index (χ0v) is 15.4. The van der Waals surface area contributed by atoms with Crippen LogP contribution >= 0.6 is 0 Å². The predicted octanol–water partition coefficient (Wildman–Crippen LogP) is 2.60. The van der Waals surface area contributed by atoms with Gasteiger partial charge in [0.1, 0.15) is 6.54 Å². The van der Waals surface area contributed by atoms with Crippen molar-refractivity contribution in [3.8, 4) is 0 Å². The molecule has 2 aliphatic heterocycles. The first-order valence-corrected chi connectivity index (χ1v) is 9.30. The number of halogens is 2. The quantitative estimate of drug-likeness (QED) is 0.683. The molecule has 29 heavy (non-hydrogen) atoms. The van der Waals surface area contributed by atoms with Crippen LogP contribution in [0.3, 0.4) is 0 Å². The Balaban J connectivity index is 1.32. The zero-order chi connectivity index (χ0) is 20.1. The highest BCUT2D eigenvalue weighted by Crippen LogP contribution is 2.28. The number of anilines is 2. The van der Waals surface area contributed by atoms with Crippen LogP contribution in [0.2, 0.25) is 0 Å². The number of aromatic nitrogens is 2. The number of hydrogen-bond acceptors (Lipinski definition) is 3. The summed E-state index contributed by atoms with van der Waals surface area (Å²) in [5.74, 6) is -1.62. The van der Waals surface area contributed by atoms with Gasteiger partial charge < -0.3 is 9.47 Å². The molecule has 0 bridgehead atoms. The van der Waals surface area contributed by atoms with Crippen LogP contribution in [0.1, 0.15) is 0 Å². The Bertz CT molecular complexity index is 1150. The monoisotopic (exact) mass is 397 g/mol. The maximum Gasteiger partial charge on any atom is 0.325 e. The van der Waals surface area contributed by atoms with E-state index in [2.05, 4.69) is 4.98 Å². The average Bonchev–Trinajstić information content (AvgIpc) is 3.38. The van der Waals surface area contributed by atoms with Gasteiger partial charge in [-0.05, 0) is 24.3 Å². The van der Waals surface area contributed by atoms with Crippen LogP contribution in [0.15, 0.2) is 42.5 Å². The Morgan fingerprint density at radius 2 is 1.83 bits per heavy atom. The summed E-state index contributed by atoms with van der Waals surface area (Å²) in [7, 11) is 0. The van der Waals surface area contributed by atoms with Crippen molar-refractivity contribution in [3.63, 3.8) is 0 Å². The van der Waals surface area contributed by atoms with E-state index in [1.165, 1.54) is 15.9 Å². The van der Waals surface area contributed by atoms with Crippen molar-refractivity contribution in [2.75, 3.05) is 36.0 Å². The molecule has 3 heterocycles. The van der Waals surface area contributed by atoms with Crippen LogP contribution in [0.5, 0.6) is 0 Å². The highest BCUT2D eigenvalue weighted by molar-refractivity contribution is 6.01. The van der Waals surface area contributed by atoms with Gasteiger partial charge in [0.05, 0.1) is 11.0 Å². The third-order valence-electron chi connectivity index (χ3n) is 5.36. The molecule has 9 heteroatoms. The summed E-state index contributed by atoms with van der Waals surface area (Å²) >= 11 is 0. The van der Waals surface area contributed by atoms with E-state index >= 15 is 0 Å². The van der Waals surface area contributed by atoms with Crippen LogP contribution < -0.4 is 9.80 Å². The number of para-hydroxylation sites is 2. The molecule has 0 N–H and O–H groups in total. The molecule has 0 unspecified atom stereocenters. The summed E-state index contributed by atoms with van der Waals surface area (Å²) < 4.78 is 28.7. The number of benzene rings is 2. The Kier molecular flexibility index (Phi) is 3.97. The standard InChI is InChI=1S/C20H17F2N5O2/c21-14-6-5-13(11-15(14)22)25-8-7-24(20(25)29)12-18(28)27-10-9-26-17-4-2-1-3-16(17)23-19(26)27/h1-6,11H,7-10,12H2. The van der Waals surface area contributed by atoms with Crippen molar-refractivity contribution >= 4 is 34.6 Å². The molecular weight excluding hydrogens is 380 g/mol. The fourth-order valence-electron chi connectivity index (χ4n) is 3.90. The summed E-state index contributed by atoms with van der Waals surface area (Å²) in [6, 6.07) is 10.6. The summed E-state index contributed by atoms with van der Waals surface area (Å²) in [6.45, 7) is 1.68. The first kappa shape index (κ1) is 17.6. The second-order valence-corrected chi connectivity index (χ2v) is 7.05. The lowest BCUT2D eigenvalue weighted by molar-refractivity contribution is -0.119. The minimum atomic E-state index is -1.01. The normalized spacial score (nSPS) is 16.2. The van der Waals surface area contributed by atoms with Crippen molar-refractivity contribution in [3.05, 3.63) is 54.1 Å². The second-order valence-electron chi connectivity index (χ2n) is 7.05. The van der Waals surface area contributed by atoms with Crippen molar-refractivity contribution in [2.24, 2.45) is 0 Å².